The van der Waals surface area contributed by atoms with Gasteiger partial charge in [0.2, 0.25) is 15.9 Å². The summed E-state index contributed by atoms with van der Waals surface area (Å²) in [6.45, 7) is 0.462. The van der Waals surface area contributed by atoms with E-state index in [0.717, 1.165) is 5.56 Å². The number of ether oxygens (including phenoxy) is 1. The van der Waals surface area contributed by atoms with E-state index < -0.39 is 10.0 Å². The lowest BCUT2D eigenvalue weighted by atomic mass is 10.2. The van der Waals surface area contributed by atoms with Crippen molar-refractivity contribution < 1.29 is 22.4 Å². The van der Waals surface area contributed by atoms with Crippen LogP contribution in [0.15, 0.2) is 112 Å². The van der Waals surface area contributed by atoms with E-state index in [1.807, 2.05) is 30.3 Å². The van der Waals surface area contributed by atoms with Gasteiger partial charge in [-0.05, 0) is 60.2 Å². The number of sulfonamides is 1. The first-order valence-corrected chi connectivity index (χ1v) is 12.4. The third kappa shape index (κ3) is 7.17. The maximum absolute atomic E-state index is 12.3. The quantitative estimate of drug-likeness (QED) is 0.307. The van der Waals surface area contributed by atoms with Gasteiger partial charge in [0, 0.05) is 11.8 Å². The van der Waals surface area contributed by atoms with Crippen LogP contribution in [0.5, 0.6) is 5.75 Å². The standard InChI is InChI=1S/C27H24N2O5S/c30-27(29-22-11-13-23(14-12-22)33-20-21-7-3-1-4-8-21)18-17-24-15-16-25(34-24)19-28-35(31,32)26-9-5-2-6-10-26/h1-18,28H,19-20H2,(H,29,30)/b18-17+. The average molecular weight is 489 g/mol. The predicted octanol–water partition coefficient (Wildman–Crippen LogP) is 4.99. The van der Waals surface area contributed by atoms with Crippen LogP contribution in [-0.2, 0) is 28.0 Å². The molecule has 0 radical (unpaired) electrons. The van der Waals surface area contributed by atoms with Crippen molar-refractivity contribution in [3.8, 4) is 5.75 Å². The van der Waals surface area contributed by atoms with E-state index >= 15 is 0 Å². The van der Waals surface area contributed by atoms with Crippen molar-refractivity contribution in [1.29, 1.82) is 0 Å². The van der Waals surface area contributed by atoms with Crippen LogP contribution >= 0.6 is 0 Å². The van der Waals surface area contributed by atoms with Gasteiger partial charge in [-0.3, -0.25) is 4.79 Å². The van der Waals surface area contributed by atoms with Crippen LogP contribution in [0.2, 0.25) is 0 Å². The Balaban J connectivity index is 1.25. The van der Waals surface area contributed by atoms with E-state index in [-0.39, 0.29) is 17.3 Å². The summed E-state index contributed by atoms with van der Waals surface area (Å²) in [5.74, 6) is 1.23. The molecule has 3 aromatic carbocycles. The highest BCUT2D eigenvalue weighted by Gasteiger charge is 2.13. The highest BCUT2D eigenvalue weighted by atomic mass is 32.2. The van der Waals surface area contributed by atoms with Crippen molar-refractivity contribution in [2.45, 2.75) is 18.0 Å². The average Bonchev–Trinajstić information content (AvgIpc) is 3.35. The smallest absolute Gasteiger partial charge is 0.248 e. The second-order valence-corrected chi connectivity index (χ2v) is 9.33. The molecule has 0 aliphatic heterocycles. The van der Waals surface area contributed by atoms with E-state index in [1.54, 1.807) is 54.6 Å². The molecule has 1 aromatic heterocycles. The molecule has 178 valence electrons. The molecule has 2 N–H and O–H groups in total. The Morgan fingerprint density at radius 2 is 1.54 bits per heavy atom. The zero-order chi connectivity index (χ0) is 24.5. The monoisotopic (exact) mass is 488 g/mol. The van der Waals surface area contributed by atoms with Gasteiger partial charge in [-0.2, -0.15) is 0 Å². The summed E-state index contributed by atoms with van der Waals surface area (Å²) >= 11 is 0. The number of anilines is 1. The molecular formula is C27H24N2O5S. The maximum Gasteiger partial charge on any atom is 0.248 e. The first kappa shape index (κ1) is 24.0. The van der Waals surface area contributed by atoms with Crippen molar-refractivity contribution in [1.82, 2.24) is 4.72 Å². The summed E-state index contributed by atoms with van der Waals surface area (Å²) in [7, 11) is -3.63. The number of hydrogen-bond acceptors (Lipinski definition) is 5. The Bertz CT molecular complexity index is 1380. The van der Waals surface area contributed by atoms with E-state index in [9.17, 15) is 13.2 Å². The molecule has 4 rings (SSSR count). The topological polar surface area (TPSA) is 97.6 Å². The summed E-state index contributed by atoms with van der Waals surface area (Å²) in [6.07, 6.45) is 2.86. The molecule has 0 fully saturated rings. The van der Waals surface area contributed by atoms with Gasteiger partial charge in [0.1, 0.15) is 23.9 Å². The fourth-order valence-electron chi connectivity index (χ4n) is 3.15. The van der Waals surface area contributed by atoms with Gasteiger partial charge in [0.05, 0.1) is 11.4 Å². The molecule has 0 aliphatic carbocycles. The molecule has 0 atom stereocenters. The molecule has 0 saturated heterocycles. The van der Waals surface area contributed by atoms with Crippen LogP contribution in [-0.4, -0.2) is 14.3 Å². The van der Waals surface area contributed by atoms with Crippen molar-refractivity contribution in [2.75, 3.05) is 5.32 Å². The molecule has 0 unspecified atom stereocenters. The number of hydrogen-bond donors (Lipinski definition) is 2. The van der Waals surface area contributed by atoms with E-state index in [2.05, 4.69) is 10.0 Å². The SMILES string of the molecule is O=C(/C=C/c1ccc(CNS(=O)(=O)c2ccccc2)o1)Nc1ccc(OCc2ccccc2)cc1. The van der Waals surface area contributed by atoms with Crippen LogP contribution in [0.1, 0.15) is 17.1 Å². The zero-order valence-corrected chi connectivity index (χ0v) is 19.6. The highest BCUT2D eigenvalue weighted by molar-refractivity contribution is 7.89. The van der Waals surface area contributed by atoms with E-state index in [4.69, 9.17) is 9.15 Å². The van der Waals surface area contributed by atoms with Crippen LogP contribution in [0.3, 0.4) is 0 Å². The Morgan fingerprint density at radius 1 is 0.857 bits per heavy atom. The van der Waals surface area contributed by atoms with Gasteiger partial charge in [-0.25, -0.2) is 13.1 Å². The minimum Gasteiger partial charge on any atom is -0.489 e. The molecule has 0 bridgehead atoms. The van der Waals surface area contributed by atoms with Crippen LogP contribution in [0.4, 0.5) is 5.69 Å². The fourth-order valence-corrected chi connectivity index (χ4v) is 4.16. The molecule has 4 aromatic rings. The molecule has 0 aliphatic rings. The molecule has 7 nitrogen and oxygen atoms in total. The van der Waals surface area contributed by atoms with Gasteiger partial charge in [-0.15, -0.1) is 0 Å². The highest BCUT2D eigenvalue weighted by Crippen LogP contribution is 2.18. The van der Waals surface area contributed by atoms with Crippen LogP contribution in [0, 0.1) is 0 Å². The number of nitrogens with one attached hydrogen (secondary N) is 2. The lowest BCUT2D eigenvalue weighted by Gasteiger charge is -2.07. The van der Waals surface area contributed by atoms with Gasteiger partial charge in [-0.1, -0.05) is 48.5 Å². The maximum atomic E-state index is 12.3. The van der Waals surface area contributed by atoms with Crippen molar-refractivity contribution >= 4 is 27.7 Å². The Kier molecular flexibility index (Phi) is 7.77. The van der Waals surface area contributed by atoms with Gasteiger partial charge in [0.15, 0.2) is 0 Å². The number of furan rings is 1. The lowest BCUT2D eigenvalue weighted by molar-refractivity contribution is -0.111. The normalized spacial score (nSPS) is 11.4. The lowest BCUT2D eigenvalue weighted by Crippen LogP contribution is -2.22. The number of carbonyl (C=O) groups excluding carboxylic acids is 1. The Morgan fingerprint density at radius 3 is 2.26 bits per heavy atom. The minimum atomic E-state index is -3.63. The number of rotatable bonds is 10. The van der Waals surface area contributed by atoms with Gasteiger partial charge < -0.3 is 14.5 Å². The Labute approximate surface area is 204 Å². The summed E-state index contributed by atoms with van der Waals surface area (Å²) in [5, 5.41) is 2.77. The van der Waals surface area contributed by atoms with Crippen LogP contribution in [0.25, 0.3) is 6.08 Å². The minimum absolute atomic E-state index is 0.00401. The Hall–Kier alpha value is -4.14. The summed E-state index contributed by atoms with van der Waals surface area (Å²) in [5.41, 5.74) is 1.70. The summed E-state index contributed by atoms with van der Waals surface area (Å²) in [4.78, 5) is 12.4. The number of carbonyl (C=O) groups is 1. The predicted molar refractivity (Wildman–Crippen MR) is 134 cm³/mol. The van der Waals surface area contributed by atoms with Crippen LogP contribution < -0.4 is 14.8 Å². The molecule has 0 spiro atoms. The summed E-state index contributed by atoms with van der Waals surface area (Å²) < 4.78 is 38.4. The van der Waals surface area contributed by atoms with Gasteiger partial charge >= 0.3 is 0 Å². The zero-order valence-electron chi connectivity index (χ0n) is 18.8. The summed E-state index contributed by atoms with van der Waals surface area (Å²) in [6, 6.07) is 28.4. The third-order valence-corrected chi connectivity index (χ3v) is 6.36. The molecule has 35 heavy (non-hydrogen) atoms. The fraction of sp³-hybridized carbons (Fsp3) is 0.0741. The van der Waals surface area contributed by atoms with Crippen molar-refractivity contribution in [2.24, 2.45) is 0 Å². The number of amides is 1. The molecule has 1 amide bonds. The third-order valence-electron chi connectivity index (χ3n) is 4.94. The second-order valence-electron chi connectivity index (χ2n) is 7.56. The first-order chi connectivity index (χ1) is 17.0. The van der Waals surface area contributed by atoms with E-state index in [0.29, 0.717) is 29.6 Å². The molecule has 1 heterocycles. The van der Waals surface area contributed by atoms with Crippen molar-refractivity contribution in [3.63, 3.8) is 0 Å². The molecule has 0 saturated carbocycles. The second kappa shape index (κ2) is 11.3. The van der Waals surface area contributed by atoms with Crippen molar-refractivity contribution in [3.05, 3.63) is 120 Å². The number of benzene rings is 3. The first-order valence-electron chi connectivity index (χ1n) is 10.9. The molecular weight excluding hydrogens is 464 g/mol. The molecule has 8 heteroatoms. The van der Waals surface area contributed by atoms with E-state index in [1.165, 1.54) is 24.3 Å². The van der Waals surface area contributed by atoms with Gasteiger partial charge in [0.25, 0.3) is 0 Å². The largest absolute Gasteiger partial charge is 0.489 e.